The van der Waals surface area contributed by atoms with E-state index < -0.39 is 0 Å². The summed E-state index contributed by atoms with van der Waals surface area (Å²) in [6.45, 7) is 2.88. The van der Waals surface area contributed by atoms with Gasteiger partial charge in [-0.2, -0.15) is 0 Å². The van der Waals surface area contributed by atoms with Gasteiger partial charge in [-0.25, -0.2) is 0 Å². The van der Waals surface area contributed by atoms with Crippen molar-refractivity contribution in [2.45, 2.75) is 19.9 Å². The quantitative estimate of drug-likeness (QED) is 0.883. The minimum absolute atomic E-state index is 0.0392. The fourth-order valence-corrected chi connectivity index (χ4v) is 2.00. The van der Waals surface area contributed by atoms with Crippen molar-refractivity contribution in [3.63, 3.8) is 0 Å². The van der Waals surface area contributed by atoms with Gasteiger partial charge in [-0.05, 0) is 24.6 Å². The van der Waals surface area contributed by atoms with Crippen LogP contribution in [0.4, 0.5) is 0 Å². The van der Waals surface area contributed by atoms with Crippen LogP contribution in [0.1, 0.15) is 17.5 Å². The number of carbonyl (C=O) groups is 1. The topological polar surface area (TPSA) is 38.3 Å². The first kappa shape index (κ1) is 15.4. The van der Waals surface area contributed by atoms with Crippen LogP contribution in [0.5, 0.6) is 5.75 Å². The Labute approximate surface area is 129 Å². The molecule has 2 aromatic rings. The second kappa shape index (κ2) is 7.70. The molecule has 2 aromatic carbocycles. The number of halogens is 1. The van der Waals surface area contributed by atoms with Gasteiger partial charge in [0, 0.05) is 6.54 Å². The van der Waals surface area contributed by atoms with Crippen LogP contribution in [-0.4, -0.2) is 12.5 Å². The van der Waals surface area contributed by atoms with Gasteiger partial charge in [0.1, 0.15) is 5.75 Å². The van der Waals surface area contributed by atoms with Crippen LogP contribution < -0.4 is 10.1 Å². The summed E-state index contributed by atoms with van der Waals surface area (Å²) in [5.41, 5.74) is 2.29. The minimum Gasteiger partial charge on any atom is -0.491 e. The van der Waals surface area contributed by atoms with E-state index in [9.17, 15) is 4.79 Å². The molecule has 0 heterocycles. The normalized spacial score (nSPS) is 10.2. The molecule has 0 aromatic heterocycles. The van der Waals surface area contributed by atoms with Gasteiger partial charge in [0.05, 0.1) is 18.1 Å². The summed E-state index contributed by atoms with van der Waals surface area (Å²) in [5.74, 6) is 0.563. The Kier molecular flexibility index (Phi) is 5.64. The number of para-hydroxylation sites is 1. The van der Waals surface area contributed by atoms with Crippen molar-refractivity contribution in [1.82, 2.24) is 5.32 Å². The van der Waals surface area contributed by atoms with Gasteiger partial charge < -0.3 is 10.1 Å². The van der Waals surface area contributed by atoms with E-state index in [0.717, 1.165) is 5.56 Å². The Morgan fingerprint density at radius 2 is 1.86 bits per heavy atom. The van der Waals surface area contributed by atoms with Gasteiger partial charge in [0.25, 0.3) is 0 Å². The third-order valence-corrected chi connectivity index (χ3v) is 3.35. The maximum Gasteiger partial charge on any atom is 0.223 e. The molecule has 110 valence electrons. The molecule has 0 atom stereocenters. The number of benzene rings is 2. The van der Waals surface area contributed by atoms with Gasteiger partial charge in [-0.3, -0.25) is 4.79 Å². The predicted molar refractivity (Wildman–Crippen MR) is 84.6 cm³/mol. The van der Waals surface area contributed by atoms with Gasteiger partial charge in [-0.15, -0.1) is 0 Å². The summed E-state index contributed by atoms with van der Waals surface area (Å²) in [4.78, 5) is 11.7. The first-order valence-electron chi connectivity index (χ1n) is 6.85. The van der Waals surface area contributed by atoms with E-state index in [0.29, 0.717) is 30.3 Å². The van der Waals surface area contributed by atoms with Crippen LogP contribution in [0, 0.1) is 6.92 Å². The fourth-order valence-electron chi connectivity index (χ4n) is 1.81. The highest BCUT2D eigenvalue weighted by Gasteiger charge is 2.04. The smallest absolute Gasteiger partial charge is 0.223 e. The van der Waals surface area contributed by atoms with Crippen molar-refractivity contribution in [3.8, 4) is 5.75 Å². The van der Waals surface area contributed by atoms with E-state index in [4.69, 9.17) is 16.3 Å². The van der Waals surface area contributed by atoms with E-state index in [-0.39, 0.29) is 5.91 Å². The standard InChI is InChI=1S/C17H18ClNO2/c1-13-6-8-14(9-7-13)12-19-17(20)10-11-21-16-5-3-2-4-15(16)18/h2-9H,10-12H2,1H3,(H,19,20). The Bertz CT molecular complexity index is 596. The monoisotopic (exact) mass is 303 g/mol. The molecule has 0 saturated carbocycles. The minimum atomic E-state index is -0.0392. The van der Waals surface area contributed by atoms with E-state index in [1.54, 1.807) is 12.1 Å². The average molecular weight is 304 g/mol. The summed E-state index contributed by atoms with van der Waals surface area (Å²) >= 11 is 5.97. The Balaban J connectivity index is 1.70. The molecule has 4 heteroatoms. The third-order valence-electron chi connectivity index (χ3n) is 3.03. The highest BCUT2D eigenvalue weighted by Crippen LogP contribution is 2.22. The molecule has 2 rings (SSSR count). The van der Waals surface area contributed by atoms with E-state index >= 15 is 0 Å². The first-order valence-corrected chi connectivity index (χ1v) is 7.22. The Morgan fingerprint density at radius 1 is 1.14 bits per heavy atom. The van der Waals surface area contributed by atoms with Gasteiger partial charge in [0.15, 0.2) is 0 Å². The molecular weight excluding hydrogens is 286 g/mol. The van der Waals surface area contributed by atoms with Crippen molar-refractivity contribution < 1.29 is 9.53 Å². The van der Waals surface area contributed by atoms with Crippen LogP contribution in [0.3, 0.4) is 0 Å². The van der Waals surface area contributed by atoms with Crippen molar-refractivity contribution in [1.29, 1.82) is 0 Å². The SMILES string of the molecule is Cc1ccc(CNC(=O)CCOc2ccccc2Cl)cc1. The van der Waals surface area contributed by atoms with Crippen molar-refractivity contribution in [3.05, 3.63) is 64.7 Å². The van der Waals surface area contributed by atoms with Crippen molar-refractivity contribution in [2.75, 3.05) is 6.61 Å². The number of aryl methyl sites for hydroxylation is 1. The highest BCUT2D eigenvalue weighted by molar-refractivity contribution is 6.32. The fraction of sp³-hybridized carbons (Fsp3) is 0.235. The molecule has 0 aliphatic heterocycles. The zero-order valence-corrected chi connectivity index (χ0v) is 12.7. The predicted octanol–water partition coefficient (Wildman–Crippen LogP) is 3.73. The summed E-state index contributed by atoms with van der Waals surface area (Å²) < 4.78 is 5.48. The largest absolute Gasteiger partial charge is 0.491 e. The number of ether oxygens (including phenoxy) is 1. The summed E-state index contributed by atoms with van der Waals surface area (Å²) in [5, 5.41) is 3.42. The second-order valence-electron chi connectivity index (χ2n) is 4.79. The van der Waals surface area contributed by atoms with E-state index in [1.807, 2.05) is 43.3 Å². The number of hydrogen-bond acceptors (Lipinski definition) is 2. The molecule has 1 N–H and O–H groups in total. The number of rotatable bonds is 6. The third kappa shape index (κ3) is 5.12. The van der Waals surface area contributed by atoms with E-state index in [2.05, 4.69) is 5.32 Å². The molecule has 0 unspecified atom stereocenters. The van der Waals surface area contributed by atoms with Gasteiger partial charge in [0.2, 0.25) is 5.91 Å². The number of nitrogens with one attached hydrogen (secondary N) is 1. The lowest BCUT2D eigenvalue weighted by atomic mass is 10.1. The Hall–Kier alpha value is -2.00. The van der Waals surface area contributed by atoms with Crippen molar-refractivity contribution >= 4 is 17.5 Å². The summed E-state index contributed by atoms with van der Waals surface area (Å²) in [6.07, 6.45) is 0.303. The molecule has 0 radical (unpaired) electrons. The lowest BCUT2D eigenvalue weighted by Crippen LogP contribution is -2.24. The van der Waals surface area contributed by atoms with Crippen LogP contribution in [0.25, 0.3) is 0 Å². The van der Waals surface area contributed by atoms with E-state index in [1.165, 1.54) is 5.56 Å². The zero-order chi connectivity index (χ0) is 15.1. The number of amides is 1. The summed E-state index contributed by atoms with van der Waals surface area (Å²) in [7, 11) is 0. The Morgan fingerprint density at radius 3 is 2.57 bits per heavy atom. The molecule has 0 aliphatic rings. The zero-order valence-electron chi connectivity index (χ0n) is 11.9. The van der Waals surface area contributed by atoms with Crippen LogP contribution in [0.2, 0.25) is 5.02 Å². The van der Waals surface area contributed by atoms with Gasteiger partial charge in [-0.1, -0.05) is 53.6 Å². The molecule has 3 nitrogen and oxygen atoms in total. The lowest BCUT2D eigenvalue weighted by Gasteiger charge is -2.08. The second-order valence-corrected chi connectivity index (χ2v) is 5.20. The van der Waals surface area contributed by atoms with Crippen LogP contribution >= 0.6 is 11.6 Å². The lowest BCUT2D eigenvalue weighted by molar-refractivity contribution is -0.121. The van der Waals surface area contributed by atoms with Crippen LogP contribution in [0.15, 0.2) is 48.5 Å². The van der Waals surface area contributed by atoms with Crippen LogP contribution in [-0.2, 0) is 11.3 Å². The summed E-state index contributed by atoms with van der Waals surface area (Å²) in [6, 6.07) is 15.3. The molecule has 0 saturated heterocycles. The number of carbonyl (C=O) groups excluding carboxylic acids is 1. The highest BCUT2D eigenvalue weighted by atomic mass is 35.5. The first-order chi connectivity index (χ1) is 10.1. The van der Waals surface area contributed by atoms with Gasteiger partial charge >= 0.3 is 0 Å². The molecule has 0 aliphatic carbocycles. The molecule has 0 spiro atoms. The molecule has 0 fully saturated rings. The average Bonchev–Trinajstić information content (AvgIpc) is 2.49. The molecule has 1 amide bonds. The molecular formula is C17H18ClNO2. The maximum absolute atomic E-state index is 11.7. The molecule has 21 heavy (non-hydrogen) atoms. The molecule has 0 bridgehead atoms. The maximum atomic E-state index is 11.7. The van der Waals surface area contributed by atoms with Crippen molar-refractivity contribution in [2.24, 2.45) is 0 Å². The number of hydrogen-bond donors (Lipinski definition) is 1.